The number of hydrogen-bond acceptors (Lipinski definition) is 1. The first kappa shape index (κ1) is 14.0. The van der Waals surface area contributed by atoms with E-state index in [4.69, 9.17) is 0 Å². The summed E-state index contributed by atoms with van der Waals surface area (Å²) in [5.41, 5.74) is 1.05. The summed E-state index contributed by atoms with van der Waals surface area (Å²) in [6, 6.07) is 14.4. The first-order valence-electron chi connectivity index (χ1n) is 7.01. The number of quaternary nitrogens is 1. The summed E-state index contributed by atoms with van der Waals surface area (Å²) in [6.45, 7) is 4.26. The summed E-state index contributed by atoms with van der Waals surface area (Å²) in [6.07, 6.45) is 0.421. The van der Waals surface area contributed by atoms with Crippen molar-refractivity contribution in [1.82, 2.24) is 0 Å². The van der Waals surface area contributed by atoms with E-state index in [1.165, 1.54) is 10.8 Å². The van der Waals surface area contributed by atoms with Crippen LogP contribution >= 0.6 is 0 Å². The van der Waals surface area contributed by atoms with Crippen LogP contribution in [-0.4, -0.2) is 36.8 Å². The zero-order chi connectivity index (χ0) is 13.9. The van der Waals surface area contributed by atoms with Gasteiger partial charge in [0.1, 0.15) is 0 Å². The largest absolute Gasteiger partial charge is 0.388 e. The Bertz CT molecular complexity index is 542. The molecule has 0 saturated carbocycles. The molecule has 0 bridgehead atoms. The lowest BCUT2D eigenvalue weighted by molar-refractivity contribution is -0.889. The van der Waals surface area contributed by atoms with Crippen LogP contribution in [-0.2, 0) is 0 Å². The van der Waals surface area contributed by atoms with Gasteiger partial charge in [0.25, 0.3) is 0 Å². The van der Waals surface area contributed by atoms with Crippen LogP contribution in [0.2, 0.25) is 0 Å². The van der Waals surface area contributed by atoms with Crippen molar-refractivity contribution in [1.29, 1.82) is 0 Å². The molecule has 0 aliphatic rings. The van der Waals surface area contributed by atoms with Crippen molar-refractivity contribution in [2.75, 3.05) is 27.2 Å². The van der Waals surface area contributed by atoms with E-state index < -0.39 is 0 Å². The maximum absolute atomic E-state index is 10.5. The Balaban J connectivity index is 2.20. The predicted octanol–water partition coefficient (Wildman–Crippen LogP) is 3.36. The molecule has 0 spiro atoms. The maximum Gasteiger partial charge on any atom is 0.0849 e. The minimum Gasteiger partial charge on any atom is -0.388 e. The van der Waals surface area contributed by atoms with Gasteiger partial charge in [-0.3, -0.25) is 0 Å². The molecule has 0 saturated heterocycles. The summed E-state index contributed by atoms with van der Waals surface area (Å²) >= 11 is 0. The molecule has 2 heteroatoms. The van der Waals surface area contributed by atoms with E-state index in [1.54, 1.807) is 0 Å². The van der Waals surface area contributed by atoms with Crippen molar-refractivity contribution in [2.24, 2.45) is 0 Å². The molecule has 1 unspecified atom stereocenters. The second-order valence-corrected chi connectivity index (χ2v) is 5.85. The van der Waals surface area contributed by atoms with Crippen LogP contribution in [0.25, 0.3) is 10.8 Å². The molecular weight excluding hydrogens is 234 g/mol. The van der Waals surface area contributed by atoms with Gasteiger partial charge in [0.2, 0.25) is 0 Å². The summed E-state index contributed by atoms with van der Waals surface area (Å²) < 4.78 is 0.946. The van der Waals surface area contributed by atoms with Crippen LogP contribution in [0.5, 0.6) is 0 Å². The number of rotatable bonds is 5. The van der Waals surface area contributed by atoms with Gasteiger partial charge in [-0.25, -0.2) is 0 Å². The third-order valence-electron chi connectivity index (χ3n) is 4.05. The molecule has 102 valence electrons. The van der Waals surface area contributed by atoms with Crippen LogP contribution in [0, 0.1) is 0 Å². The molecule has 0 aliphatic heterocycles. The van der Waals surface area contributed by atoms with Gasteiger partial charge in [-0.2, -0.15) is 0 Å². The zero-order valence-electron chi connectivity index (χ0n) is 12.1. The normalized spacial score (nSPS) is 13.7. The molecule has 2 rings (SSSR count). The van der Waals surface area contributed by atoms with Crippen LogP contribution in [0.4, 0.5) is 0 Å². The molecule has 0 aliphatic carbocycles. The van der Waals surface area contributed by atoms with Gasteiger partial charge in [-0.15, -0.1) is 0 Å². The highest BCUT2D eigenvalue weighted by Gasteiger charge is 2.17. The van der Waals surface area contributed by atoms with E-state index in [9.17, 15) is 5.11 Å². The topological polar surface area (TPSA) is 20.2 Å². The minimum absolute atomic E-state index is 0.380. The summed E-state index contributed by atoms with van der Waals surface area (Å²) in [4.78, 5) is 0. The Labute approximate surface area is 115 Å². The molecule has 0 fully saturated rings. The van der Waals surface area contributed by atoms with Gasteiger partial charge < -0.3 is 9.59 Å². The molecule has 2 aromatic rings. The lowest BCUT2D eigenvalue weighted by atomic mass is 9.98. The Hall–Kier alpha value is -1.38. The lowest BCUT2D eigenvalue weighted by Gasteiger charge is -2.29. The summed E-state index contributed by atoms with van der Waals surface area (Å²) in [5.74, 6) is 0. The highest BCUT2D eigenvalue weighted by Crippen LogP contribution is 2.26. The van der Waals surface area contributed by atoms with Crippen LogP contribution < -0.4 is 0 Å². The molecule has 2 aromatic carbocycles. The highest BCUT2D eigenvalue weighted by atomic mass is 16.3. The number of benzene rings is 2. The number of fused-ring (bicyclic) bond motifs is 1. The fraction of sp³-hybridized carbons (Fsp3) is 0.412. The minimum atomic E-state index is -0.380. The quantitative estimate of drug-likeness (QED) is 0.815. The van der Waals surface area contributed by atoms with Crippen LogP contribution in [0.1, 0.15) is 25.0 Å². The van der Waals surface area contributed by atoms with Gasteiger partial charge >= 0.3 is 0 Å². The van der Waals surface area contributed by atoms with E-state index >= 15 is 0 Å². The Kier molecular flexibility index (Phi) is 4.23. The second kappa shape index (κ2) is 5.72. The van der Waals surface area contributed by atoms with Gasteiger partial charge in [-0.05, 0) is 23.3 Å². The number of aliphatic hydroxyl groups is 1. The third-order valence-corrected chi connectivity index (χ3v) is 4.05. The molecule has 0 aromatic heterocycles. The Morgan fingerprint density at radius 3 is 2.47 bits per heavy atom. The van der Waals surface area contributed by atoms with Crippen molar-refractivity contribution in [3.63, 3.8) is 0 Å². The zero-order valence-corrected chi connectivity index (χ0v) is 12.1. The SMILES string of the molecule is CC[N+](C)(C)CCC(O)c1cccc2ccccc12. The first-order valence-corrected chi connectivity index (χ1v) is 7.01. The summed E-state index contributed by atoms with van der Waals surface area (Å²) in [5, 5.41) is 12.8. The van der Waals surface area contributed by atoms with E-state index in [2.05, 4.69) is 39.2 Å². The third kappa shape index (κ3) is 3.34. The average molecular weight is 258 g/mol. The van der Waals surface area contributed by atoms with Gasteiger partial charge in [-0.1, -0.05) is 42.5 Å². The number of nitrogens with zero attached hydrogens (tertiary/aromatic N) is 1. The van der Waals surface area contributed by atoms with Crippen LogP contribution in [0.3, 0.4) is 0 Å². The van der Waals surface area contributed by atoms with Gasteiger partial charge in [0.15, 0.2) is 0 Å². The van der Waals surface area contributed by atoms with Crippen molar-refractivity contribution >= 4 is 10.8 Å². The maximum atomic E-state index is 10.5. The van der Waals surface area contributed by atoms with E-state index in [0.29, 0.717) is 0 Å². The fourth-order valence-corrected chi connectivity index (χ4v) is 2.33. The molecule has 2 nitrogen and oxygen atoms in total. The Morgan fingerprint density at radius 2 is 1.74 bits per heavy atom. The molecule has 0 amide bonds. The fourth-order valence-electron chi connectivity index (χ4n) is 2.33. The Morgan fingerprint density at radius 1 is 1.05 bits per heavy atom. The second-order valence-electron chi connectivity index (χ2n) is 5.85. The first-order chi connectivity index (χ1) is 9.03. The highest BCUT2D eigenvalue weighted by molar-refractivity contribution is 5.85. The number of hydrogen-bond donors (Lipinski definition) is 1. The summed E-state index contributed by atoms with van der Waals surface area (Å²) in [7, 11) is 4.41. The van der Waals surface area contributed by atoms with Crippen molar-refractivity contribution in [3.05, 3.63) is 48.0 Å². The molecular formula is C17H24NO+. The standard InChI is InChI=1S/C17H24NO/c1-4-18(2,3)13-12-17(19)16-11-7-9-14-8-5-6-10-15(14)16/h5-11,17,19H,4,12-13H2,1-3H3/q+1. The average Bonchev–Trinajstić information content (AvgIpc) is 2.44. The van der Waals surface area contributed by atoms with Gasteiger partial charge in [0.05, 0.1) is 33.3 Å². The van der Waals surface area contributed by atoms with Crippen molar-refractivity contribution < 1.29 is 9.59 Å². The molecule has 1 atom stereocenters. The molecule has 1 N–H and O–H groups in total. The van der Waals surface area contributed by atoms with Crippen LogP contribution in [0.15, 0.2) is 42.5 Å². The lowest BCUT2D eigenvalue weighted by Crippen LogP contribution is -2.40. The van der Waals surface area contributed by atoms with Gasteiger partial charge in [0, 0.05) is 6.42 Å². The van der Waals surface area contributed by atoms with Crippen molar-refractivity contribution in [2.45, 2.75) is 19.4 Å². The van der Waals surface area contributed by atoms with E-state index in [0.717, 1.165) is 29.6 Å². The monoisotopic (exact) mass is 258 g/mol. The molecule has 0 heterocycles. The smallest absolute Gasteiger partial charge is 0.0849 e. The van der Waals surface area contributed by atoms with E-state index in [-0.39, 0.29) is 6.10 Å². The molecule has 0 radical (unpaired) electrons. The number of aliphatic hydroxyl groups excluding tert-OH is 1. The van der Waals surface area contributed by atoms with Crippen molar-refractivity contribution in [3.8, 4) is 0 Å². The molecule has 19 heavy (non-hydrogen) atoms. The van der Waals surface area contributed by atoms with E-state index in [1.807, 2.05) is 24.3 Å². The predicted molar refractivity (Wildman–Crippen MR) is 81.0 cm³/mol.